The molecule has 0 bridgehead atoms. The molecular formula is C15H19ClN2O3. The number of carbonyl (C=O) groups excluding carboxylic acids is 1. The highest BCUT2D eigenvalue weighted by Crippen LogP contribution is 2.25. The third kappa shape index (κ3) is 3.47. The van der Waals surface area contributed by atoms with Crippen LogP contribution in [0.2, 0.25) is 5.02 Å². The Labute approximate surface area is 128 Å². The van der Waals surface area contributed by atoms with Crippen molar-refractivity contribution in [1.82, 2.24) is 4.90 Å². The van der Waals surface area contributed by atoms with E-state index in [-0.39, 0.29) is 28.7 Å². The molecule has 0 spiro atoms. The fourth-order valence-electron chi connectivity index (χ4n) is 2.78. The summed E-state index contributed by atoms with van der Waals surface area (Å²) in [5, 5.41) is 11.8. The van der Waals surface area contributed by atoms with Crippen molar-refractivity contribution in [2.45, 2.75) is 45.2 Å². The SMILES string of the molecule is C[C@@H]1CCC[C@H](C)N1C(=O)Nc1ccc(C(=O)O)c(Cl)c1. The first-order valence-electron chi connectivity index (χ1n) is 7.02. The molecule has 0 unspecified atom stereocenters. The van der Waals surface area contributed by atoms with Gasteiger partial charge >= 0.3 is 12.0 Å². The standard InChI is InChI=1S/C15H19ClN2O3/c1-9-4-3-5-10(2)18(9)15(21)17-11-6-7-12(14(19)20)13(16)8-11/h6-10H,3-5H2,1-2H3,(H,17,21)(H,19,20)/t9-,10+. The molecule has 0 saturated carbocycles. The highest BCUT2D eigenvalue weighted by Gasteiger charge is 2.29. The molecule has 2 amide bonds. The molecule has 1 aromatic rings. The van der Waals surface area contributed by atoms with Gasteiger partial charge in [0.2, 0.25) is 0 Å². The number of amides is 2. The molecule has 1 aliphatic rings. The maximum Gasteiger partial charge on any atom is 0.337 e. The topological polar surface area (TPSA) is 69.6 Å². The summed E-state index contributed by atoms with van der Waals surface area (Å²) in [6, 6.07) is 4.62. The number of anilines is 1. The number of nitrogens with one attached hydrogen (secondary N) is 1. The van der Waals surface area contributed by atoms with Gasteiger partial charge in [0.15, 0.2) is 0 Å². The lowest BCUT2D eigenvalue weighted by Crippen LogP contribution is -2.49. The molecule has 2 atom stereocenters. The van der Waals surface area contributed by atoms with Crippen molar-refractivity contribution in [3.8, 4) is 0 Å². The number of rotatable bonds is 2. The zero-order chi connectivity index (χ0) is 15.6. The summed E-state index contributed by atoms with van der Waals surface area (Å²) in [4.78, 5) is 25.1. The Hall–Kier alpha value is -1.75. The molecule has 6 heteroatoms. The lowest BCUT2D eigenvalue weighted by Gasteiger charge is -2.38. The quantitative estimate of drug-likeness (QED) is 0.872. The van der Waals surface area contributed by atoms with Crippen molar-refractivity contribution in [3.05, 3.63) is 28.8 Å². The van der Waals surface area contributed by atoms with Crippen LogP contribution in [0.25, 0.3) is 0 Å². The predicted molar refractivity (Wildman–Crippen MR) is 82.0 cm³/mol. The minimum atomic E-state index is -1.09. The van der Waals surface area contributed by atoms with Crippen LogP contribution >= 0.6 is 11.6 Å². The number of benzene rings is 1. The number of aromatic carboxylic acids is 1. The van der Waals surface area contributed by atoms with Gasteiger partial charge in [0.25, 0.3) is 0 Å². The maximum atomic E-state index is 12.4. The Morgan fingerprint density at radius 1 is 1.29 bits per heavy atom. The molecule has 114 valence electrons. The van der Waals surface area contributed by atoms with Gasteiger partial charge < -0.3 is 15.3 Å². The average Bonchev–Trinajstić information content (AvgIpc) is 2.37. The Morgan fingerprint density at radius 3 is 2.43 bits per heavy atom. The van der Waals surface area contributed by atoms with Gasteiger partial charge in [-0.25, -0.2) is 9.59 Å². The summed E-state index contributed by atoms with van der Waals surface area (Å²) in [6.07, 6.45) is 3.12. The largest absolute Gasteiger partial charge is 0.478 e. The fourth-order valence-corrected chi connectivity index (χ4v) is 3.04. The molecular weight excluding hydrogens is 292 g/mol. The normalized spacial score (nSPS) is 22.0. The first-order chi connectivity index (χ1) is 9.90. The second-order valence-electron chi connectivity index (χ2n) is 5.47. The van der Waals surface area contributed by atoms with Crippen LogP contribution in [-0.2, 0) is 0 Å². The van der Waals surface area contributed by atoms with E-state index in [1.165, 1.54) is 12.1 Å². The molecule has 0 aliphatic carbocycles. The van der Waals surface area contributed by atoms with Crippen LogP contribution in [0.15, 0.2) is 18.2 Å². The van der Waals surface area contributed by atoms with Crippen LogP contribution < -0.4 is 5.32 Å². The van der Waals surface area contributed by atoms with E-state index in [0.29, 0.717) is 5.69 Å². The summed E-state index contributed by atoms with van der Waals surface area (Å²) in [5.41, 5.74) is 0.523. The average molecular weight is 311 g/mol. The van der Waals surface area contributed by atoms with Gasteiger partial charge in [0.1, 0.15) is 0 Å². The number of carboxylic acid groups (broad SMARTS) is 1. The first kappa shape index (κ1) is 15.6. The molecule has 2 rings (SSSR count). The zero-order valence-corrected chi connectivity index (χ0v) is 12.9. The molecule has 21 heavy (non-hydrogen) atoms. The molecule has 2 N–H and O–H groups in total. The van der Waals surface area contributed by atoms with Crippen LogP contribution in [0.5, 0.6) is 0 Å². The zero-order valence-electron chi connectivity index (χ0n) is 12.1. The van der Waals surface area contributed by atoms with E-state index in [0.717, 1.165) is 19.3 Å². The summed E-state index contributed by atoms with van der Waals surface area (Å²) < 4.78 is 0. The van der Waals surface area contributed by atoms with Crippen LogP contribution in [0.4, 0.5) is 10.5 Å². The molecule has 1 aromatic carbocycles. The van der Waals surface area contributed by atoms with E-state index in [2.05, 4.69) is 5.32 Å². The van der Waals surface area contributed by atoms with Crippen molar-refractivity contribution < 1.29 is 14.7 Å². The van der Waals surface area contributed by atoms with E-state index < -0.39 is 5.97 Å². The molecule has 1 saturated heterocycles. The number of carbonyl (C=O) groups is 2. The molecule has 1 fully saturated rings. The number of hydrogen-bond donors (Lipinski definition) is 2. The Bertz CT molecular complexity index is 552. The van der Waals surface area contributed by atoms with E-state index in [9.17, 15) is 9.59 Å². The summed E-state index contributed by atoms with van der Waals surface area (Å²) >= 11 is 5.91. The number of carboxylic acids is 1. The molecule has 0 aromatic heterocycles. The first-order valence-corrected chi connectivity index (χ1v) is 7.40. The molecule has 0 radical (unpaired) electrons. The summed E-state index contributed by atoms with van der Waals surface area (Å²) in [5.74, 6) is -1.09. The number of hydrogen-bond acceptors (Lipinski definition) is 2. The number of halogens is 1. The van der Waals surface area contributed by atoms with Crippen LogP contribution in [0, 0.1) is 0 Å². The predicted octanol–water partition coefficient (Wildman–Crippen LogP) is 3.83. The molecule has 1 heterocycles. The maximum absolute atomic E-state index is 12.4. The van der Waals surface area contributed by atoms with Gasteiger partial charge in [0, 0.05) is 17.8 Å². The number of nitrogens with zero attached hydrogens (tertiary/aromatic N) is 1. The van der Waals surface area contributed by atoms with E-state index in [1.807, 2.05) is 18.7 Å². The Kier molecular flexibility index (Phi) is 4.73. The van der Waals surface area contributed by atoms with Gasteiger partial charge in [-0.2, -0.15) is 0 Å². The van der Waals surface area contributed by atoms with E-state index >= 15 is 0 Å². The van der Waals surface area contributed by atoms with Crippen LogP contribution in [-0.4, -0.2) is 34.1 Å². The second kappa shape index (κ2) is 6.35. The molecule has 5 nitrogen and oxygen atoms in total. The summed E-state index contributed by atoms with van der Waals surface area (Å²) in [6.45, 7) is 4.07. The van der Waals surface area contributed by atoms with Crippen molar-refractivity contribution in [1.29, 1.82) is 0 Å². The highest BCUT2D eigenvalue weighted by molar-refractivity contribution is 6.33. The van der Waals surface area contributed by atoms with Gasteiger partial charge in [-0.3, -0.25) is 0 Å². The fraction of sp³-hybridized carbons (Fsp3) is 0.467. The minimum Gasteiger partial charge on any atom is -0.478 e. The third-order valence-electron chi connectivity index (χ3n) is 3.88. The number of urea groups is 1. The molecule has 1 aliphatic heterocycles. The number of likely N-dealkylation sites (tertiary alicyclic amines) is 1. The summed E-state index contributed by atoms with van der Waals surface area (Å²) in [7, 11) is 0. The van der Waals surface area contributed by atoms with Crippen molar-refractivity contribution in [2.24, 2.45) is 0 Å². The number of piperidine rings is 1. The van der Waals surface area contributed by atoms with Crippen LogP contribution in [0.1, 0.15) is 43.5 Å². The monoisotopic (exact) mass is 310 g/mol. The lowest BCUT2D eigenvalue weighted by molar-refractivity contribution is 0.0697. The van der Waals surface area contributed by atoms with Crippen molar-refractivity contribution >= 4 is 29.3 Å². The van der Waals surface area contributed by atoms with E-state index in [1.54, 1.807) is 6.07 Å². The lowest BCUT2D eigenvalue weighted by atomic mass is 9.98. The van der Waals surface area contributed by atoms with Crippen LogP contribution in [0.3, 0.4) is 0 Å². The van der Waals surface area contributed by atoms with Gasteiger partial charge in [-0.15, -0.1) is 0 Å². The second-order valence-corrected chi connectivity index (χ2v) is 5.87. The van der Waals surface area contributed by atoms with Gasteiger partial charge in [-0.1, -0.05) is 11.6 Å². The van der Waals surface area contributed by atoms with Crippen molar-refractivity contribution in [2.75, 3.05) is 5.32 Å². The van der Waals surface area contributed by atoms with Gasteiger partial charge in [-0.05, 0) is 51.3 Å². The third-order valence-corrected chi connectivity index (χ3v) is 4.19. The minimum absolute atomic E-state index is 0.0226. The smallest absolute Gasteiger partial charge is 0.337 e. The Morgan fingerprint density at radius 2 is 1.90 bits per heavy atom. The van der Waals surface area contributed by atoms with Crippen molar-refractivity contribution in [3.63, 3.8) is 0 Å². The Balaban J connectivity index is 2.12. The van der Waals surface area contributed by atoms with E-state index in [4.69, 9.17) is 16.7 Å². The van der Waals surface area contributed by atoms with Gasteiger partial charge in [0.05, 0.1) is 10.6 Å². The highest BCUT2D eigenvalue weighted by atomic mass is 35.5.